The van der Waals surface area contributed by atoms with Crippen LogP contribution in [-0.2, 0) is 11.8 Å². The van der Waals surface area contributed by atoms with Crippen LogP contribution in [0.2, 0.25) is 5.02 Å². The normalized spacial score (nSPS) is 11.1. The summed E-state index contributed by atoms with van der Waals surface area (Å²) in [6.45, 7) is 0. The van der Waals surface area contributed by atoms with Crippen molar-refractivity contribution in [3.63, 3.8) is 0 Å². The first-order valence-electron chi connectivity index (χ1n) is 7.27. The second-order valence-corrected chi connectivity index (χ2v) is 7.33. The van der Waals surface area contributed by atoms with E-state index in [0.29, 0.717) is 16.0 Å². The molecule has 0 aliphatic heterocycles. The van der Waals surface area contributed by atoms with Crippen molar-refractivity contribution in [3.8, 4) is 11.4 Å². The van der Waals surface area contributed by atoms with E-state index >= 15 is 0 Å². The fourth-order valence-corrected chi connectivity index (χ4v) is 3.49. The molecule has 0 fully saturated rings. The summed E-state index contributed by atoms with van der Waals surface area (Å²) < 4.78 is 1.83. The smallest absolute Gasteiger partial charge is 0.250 e. The van der Waals surface area contributed by atoms with Crippen molar-refractivity contribution in [2.75, 3.05) is 5.75 Å². The lowest BCUT2D eigenvalue weighted by Gasteiger charge is -2.04. The molecule has 1 N–H and O–H groups in total. The third kappa shape index (κ3) is 4.68. The molecule has 0 spiro atoms. The molecule has 0 aliphatic rings. The van der Waals surface area contributed by atoms with E-state index in [1.54, 1.807) is 23.6 Å². The molecule has 128 valence electrons. The molecule has 9 heteroatoms. The number of amides is 1. The Balaban J connectivity index is 1.57. The highest BCUT2D eigenvalue weighted by molar-refractivity contribution is 7.99. The van der Waals surface area contributed by atoms with Crippen molar-refractivity contribution >= 4 is 46.8 Å². The second-order valence-electron chi connectivity index (χ2n) is 4.97. The van der Waals surface area contributed by atoms with Crippen molar-refractivity contribution in [2.45, 2.75) is 5.16 Å². The minimum absolute atomic E-state index is 0.198. The van der Waals surface area contributed by atoms with Crippen molar-refractivity contribution in [3.05, 3.63) is 51.7 Å². The van der Waals surface area contributed by atoms with Gasteiger partial charge in [0, 0.05) is 22.5 Å². The molecule has 1 aromatic carbocycles. The Morgan fingerprint density at radius 3 is 3.04 bits per heavy atom. The number of thioether (sulfide) groups is 1. The molecule has 0 atom stereocenters. The highest BCUT2D eigenvalue weighted by Crippen LogP contribution is 2.24. The Morgan fingerprint density at radius 1 is 1.40 bits per heavy atom. The van der Waals surface area contributed by atoms with Crippen molar-refractivity contribution < 1.29 is 4.79 Å². The van der Waals surface area contributed by atoms with Crippen LogP contribution in [0, 0.1) is 0 Å². The zero-order valence-corrected chi connectivity index (χ0v) is 15.6. The van der Waals surface area contributed by atoms with Crippen molar-refractivity contribution in [1.82, 2.24) is 20.2 Å². The molecule has 0 saturated carbocycles. The molecule has 0 bridgehead atoms. The van der Waals surface area contributed by atoms with Crippen LogP contribution in [0.4, 0.5) is 0 Å². The van der Waals surface area contributed by atoms with Gasteiger partial charge in [-0.1, -0.05) is 41.6 Å². The quantitative estimate of drug-likeness (QED) is 0.397. The molecule has 2 heterocycles. The Morgan fingerprint density at radius 2 is 2.28 bits per heavy atom. The third-order valence-electron chi connectivity index (χ3n) is 3.17. The molecule has 25 heavy (non-hydrogen) atoms. The number of halogens is 1. The van der Waals surface area contributed by atoms with Crippen molar-refractivity contribution in [1.29, 1.82) is 0 Å². The van der Waals surface area contributed by atoms with Gasteiger partial charge in [-0.05, 0) is 23.6 Å². The first-order chi connectivity index (χ1) is 12.1. The van der Waals surface area contributed by atoms with Gasteiger partial charge in [0.1, 0.15) is 0 Å². The lowest BCUT2D eigenvalue weighted by atomic mass is 10.2. The standard InChI is InChI=1S/C16H14ClN5OS2/c1-22-15(11-4-2-5-12(17)8-11)20-21-16(22)25-10-14(23)19-18-9-13-6-3-7-24-13/h2-9H,10H2,1H3,(H,19,23)/b18-9+. The monoisotopic (exact) mass is 391 g/mol. The number of hydrazone groups is 1. The van der Waals surface area contributed by atoms with Crippen LogP contribution in [0.1, 0.15) is 4.88 Å². The maximum Gasteiger partial charge on any atom is 0.250 e. The number of hydrogen-bond donors (Lipinski definition) is 1. The van der Waals surface area contributed by atoms with Gasteiger partial charge in [0.05, 0.1) is 12.0 Å². The van der Waals surface area contributed by atoms with E-state index in [9.17, 15) is 4.79 Å². The average Bonchev–Trinajstić information content (AvgIpc) is 3.23. The summed E-state index contributed by atoms with van der Waals surface area (Å²) in [6.07, 6.45) is 1.62. The molecule has 0 radical (unpaired) electrons. The van der Waals surface area contributed by atoms with Gasteiger partial charge in [-0.25, -0.2) is 5.43 Å². The highest BCUT2D eigenvalue weighted by Gasteiger charge is 2.13. The van der Waals surface area contributed by atoms with Gasteiger partial charge in [0.15, 0.2) is 11.0 Å². The van der Waals surface area contributed by atoms with Gasteiger partial charge in [0.25, 0.3) is 5.91 Å². The fraction of sp³-hybridized carbons (Fsp3) is 0.125. The fourth-order valence-electron chi connectivity index (χ4n) is 2.01. The number of carbonyl (C=O) groups excluding carboxylic acids is 1. The molecular weight excluding hydrogens is 378 g/mol. The second kappa shape index (κ2) is 8.28. The van der Waals surface area contributed by atoms with E-state index in [1.807, 2.05) is 47.3 Å². The highest BCUT2D eigenvalue weighted by atomic mass is 35.5. The van der Waals surface area contributed by atoms with Crippen LogP contribution in [0.15, 0.2) is 52.0 Å². The number of nitrogens with zero attached hydrogens (tertiary/aromatic N) is 4. The summed E-state index contributed by atoms with van der Waals surface area (Å²) in [5.41, 5.74) is 3.37. The Hall–Kier alpha value is -2.16. The van der Waals surface area contributed by atoms with Crippen molar-refractivity contribution in [2.24, 2.45) is 12.1 Å². The molecule has 0 unspecified atom stereocenters. The molecule has 3 rings (SSSR count). The van der Waals surface area contributed by atoms with Crippen LogP contribution in [0.25, 0.3) is 11.4 Å². The predicted molar refractivity (Wildman–Crippen MR) is 102 cm³/mol. The maximum atomic E-state index is 11.9. The average molecular weight is 392 g/mol. The summed E-state index contributed by atoms with van der Waals surface area (Å²) in [5, 5.41) is 15.5. The zero-order valence-electron chi connectivity index (χ0n) is 13.2. The number of hydrogen-bond acceptors (Lipinski definition) is 6. The molecule has 0 saturated heterocycles. The molecular formula is C16H14ClN5OS2. The van der Waals surface area contributed by atoms with E-state index in [1.165, 1.54) is 11.8 Å². The van der Waals surface area contributed by atoms with Gasteiger partial charge in [-0.2, -0.15) is 5.10 Å². The van der Waals surface area contributed by atoms with Crippen LogP contribution < -0.4 is 5.43 Å². The number of thiophene rings is 1. The topological polar surface area (TPSA) is 72.2 Å². The van der Waals surface area contributed by atoms with Gasteiger partial charge >= 0.3 is 0 Å². The summed E-state index contributed by atoms with van der Waals surface area (Å²) in [7, 11) is 1.85. The summed E-state index contributed by atoms with van der Waals surface area (Å²) in [6, 6.07) is 11.2. The van der Waals surface area contributed by atoms with E-state index in [-0.39, 0.29) is 11.7 Å². The van der Waals surface area contributed by atoms with Gasteiger partial charge < -0.3 is 4.57 Å². The Kier molecular flexibility index (Phi) is 5.85. The molecule has 3 aromatic rings. The Bertz CT molecular complexity index is 892. The number of aromatic nitrogens is 3. The van der Waals surface area contributed by atoms with Gasteiger partial charge in [0.2, 0.25) is 0 Å². The number of carbonyl (C=O) groups is 1. The van der Waals surface area contributed by atoms with Crippen LogP contribution >= 0.6 is 34.7 Å². The van der Waals surface area contributed by atoms with Crippen LogP contribution in [0.3, 0.4) is 0 Å². The SMILES string of the molecule is Cn1c(SCC(=O)N/N=C/c2cccs2)nnc1-c1cccc(Cl)c1. The van der Waals surface area contributed by atoms with E-state index in [2.05, 4.69) is 20.7 Å². The number of benzene rings is 1. The molecule has 1 amide bonds. The van der Waals surface area contributed by atoms with Crippen LogP contribution in [-0.4, -0.2) is 32.6 Å². The van der Waals surface area contributed by atoms with Gasteiger partial charge in [-0.3, -0.25) is 4.79 Å². The molecule has 0 aliphatic carbocycles. The minimum Gasteiger partial charge on any atom is -0.305 e. The third-order valence-corrected chi connectivity index (χ3v) is 5.24. The Labute approximate surface area is 157 Å². The zero-order chi connectivity index (χ0) is 17.6. The largest absolute Gasteiger partial charge is 0.305 e. The summed E-state index contributed by atoms with van der Waals surface area (Å²) >= 11 is 8.86. The molecule has 6 nitrogen and oxygen atoms in total. The first kappa shape index (κ1) is 17.7. The maximum absolute atomic E-state index is 11.9. The molecule has 2 aromatic heterocycles. The summed E-state index contributed by atoms with van der Waals surface area (Å²) in [4.78, 5) is 12.8. The lowest BCUT2D eigenvalue weighted by Crippen LogP contribution is -2.19. The van der Waals surface area contributed by atoms with Gasteiger partial charge in [-0.15, -0.1) is 21.5 Å². The van der Waals surface area contributed by atoms with E-state index in [0.717, 1.165) is 10.4 Å². The predicted octanol–water partition coefficient (Wildman–Crippen LogP) is 3.44. The lowest BCUT2D eigenvalue weighted by molar-refractivity contribution is -0.118. The first-order valence-corrected chi connectivity index (χ1v) is 9.51. The number of rotatable bonds is 6. The van der Waals surface area contributed by atoms with E-state index in [4.69, 9.17) is 11.6 Å². The number of nitrogens with one attached hydrogen (secondary N) is 1. The van der Waals surface area contributed by atoms with Crippen LogP contribution in [0.5, 0.6) is 0 Å². The van der Waals surface area contributed by atoms with E-state index < -0.39 is 0 Å². The minimum atomic E-state index is -0.204. The summed E-state index contributed by atoms with van der Waals surface area (Å²) in [5.74, 6) is 0.690.